The molecular formula is C17H14O4. The molecule has 2 aromatic rings. The van der Waals surface area contributed by atoms with E-state index in [1.807, 2.05) is 18.2 Å². The predicted octanol–water partition coefficient (Wildman–Crippen LogP) is 2.98. The summed E-state index contributed by atoms with van der Waals surface area (Å²) in [7, 11) is 0. The van der Waals surface area contributed by atoms with Crippen molar-refractivity contribution in [1.29, 1.82) is 0 Å². The molecule has 0 saturated carbocycles. The van der Waals surface area contributed by atoms with Crippen molar-refractivity contribution < 1.29 is 19.1 Å². The van der Waals surface area contributed by atoms with Gasteiger partial charge in [-0.25, -0.2) is 4.79 Å². The lowest BCUT2D eigenvalue weighted by molar-refractivity contribution is -0.140. The van der Waals surface area contributed by atoms with Crippen LogP contribution in [0.1, 0.15) is 15.9 Å². The number of carbonyl (C=O) groups is 2. The van der Waals surface area contributed by atoms with Gasteiger partial charge in [0.05, 0.1) is 6.26 Å². The van der Waals surface area contributed by atoms with Crippen molar-refractivity contribution in [2.75, 3.05) is 6.61 Å². The second kappa shape index (κ2) is 7.05. The van der Waals surface area contributed by atoms with E-state index < -0.39 is 5.97 Å². The van der Waals surface area contributed by atoms with Gasteiger partial charge in [0, 0.05) is 11.1 Å². The van der Waals surface area contributed by atoms with E-state index in [4.69, 9.17) is 4.74 Å². The van der Waals surface area contributed by atoms with E-state index in [9.17, 15) is 9.59 Å². The molecule has 0 fully saturated rings. The van der Waals surface area contributed by atoms with Crippen molar-refractivity contribution in [2.45, 2.75) is 0 Å². The molecule has 0 aliphatic carbocycles. The summed E-state index contributed by atoms with van der Waals surface area (Å²) in [4.78, 5) is 23.3. The van der Waals surface area contributed by atoms with E-state index >= 15 is 0 Å². The Morgan fingerprint density at radius 3 is 2.19 bits per heavy atom. The molecule has 0 atom stereocenters. The minimum absolute atomic E-state index is 0.0618. The van der Waals surface area contributed by atoms with Gasteiger partial charge in [-0.2, -0.15) is 0 Å². The number of rotatable bonds is 6. The highest BCUT2D eigenvalue weighted by Gasteiger charge is 2.09. The summed E-state index contributed by atoms with van der Waals surface area (Å²) in [5.74, 6) is -0.108. The zero-order valence-corrected chi connectivity index (χ0v) is 11.3. The first-order chi connectivity index (χ1) is 10.2. The van der Waals surface area contributed by atoms with Gasteiger partial charge < -0.3 is 9.47 Å². The van der Waals surface area contributed by atoms with Gasteiger partial charge in [0.1, 0.15) is 5.75 Å². The van der Waals surface area contributed by atoms with E-state index in [1.54, 1.807) is 36.4 Å². The molecule has 0 spiro atoms. The van der Waals surface area contributed by atoms with Crippen molar-refractivity contribution in [1.82, 2.24) is 0 Å². The Morgan fingerprint density at radius 1 is 0.952 bits per heavy atom. The highest BCUT2D eigenvalue weighted by Crippen LogP contribution is 2.15. The fourth-order valence-corrected chi connectivity index (χ4v) is 1.73. The number of hydrogen-bond acceptors (Lipinski definition) is 4. The monoisotopic (exact) mass is 282 g/mol. The number of hydrogen-bond donors (Lipinski definition) is 0. The molecule has 4 heteroatoms. The summed E-state index contributed by atoms with van der Waals surface area (Å²) in [6, 6.07) is 15.6. The van der Waals surface area contributed by atoms with Crippen LogP contribution >= 0.6 is 0 Å². The van der Waals surface area contributed by atoms with Crippen molar-refractivity contribution in [3.8, 4) is 5.75 Å². The maximum Gasteiger partial charge on any atom is 0.348 e. The predicted molar refractivity (Wildman–Crippen MR) is 78.1 cm³/mol. The zero-order chi connectivity index (χ0) is 15.1. The summed E-state index contributed by atoms with van der Waals surface area (Å²) in [6.07, 6.45) is 1.05. The molecule has 0 N–H and O–H groups in total. The molecule has 0 unspecified atom stereocenters. The van der Waals surface area contributed by atoms with Crippen LogP contribution in [0.5, 0.6) is 5.75 Å². The average molecular weight is 282 g/mol. The lowest BCUT2D eigenvalue weighted by Crippen LogP contribution is -2.12. The largest absolute Gasteiger partial charge is 0.482 e. The summed E-state index contributed by atoms with van der Waals surface area (Å²) >= 11 is 0. The highest BCUT2D eigenvalue weighted by atomic mass is 16.6. The van der Waals surface area contributed by atoms with Crippen LogP contribution < -0.4 is 4.74 Å². The van der Waals surface area contributed by atoms with Gasteiger partial charge in [0.25, 0.3) is 0 Å². The topological polar surface area (TPSA) is 52.6 Å². The fourth-order valence-electron chi connectivity index (χ4n) is 1.73. The van der Waals surface area contributed by atoms with Crippen LogP contribution in [-0.2, 0) is 9.53 Å². The van der Waals surface area contributed by atoms with E-state index in [0.717, 1.165) is 6.26 Å². The molecule has 0 radical (unpaired) electrons. The van der Waals surface area contributed by atoms with Crippen LogP contribution in [0.4, 0.5) is 0 Å². The molecule has 0 amide bonds. The van der Waals surface area contributed by atoms with E-state index in [-0.39, 0.29) is 12.4 Å². The minimum Gasteiger partial charge on any atom is -0.482 e. The second-order valence-corrected chi connectivity index (χ2v) is 4.16. The standard InChI is InChI=1S/C17H14O4/c1-2-20-16(18)12-21-15-10-8-14(9-11-15)17(19)13-6-4-3-5-7-13/h2-11H,1,12H2. The molecule has 2 rings (SSSR count). The summed E-state index contributed by atoms with van der Waals surface area (Å²) in [5, 5.41) is 0. The smallest absolute Gasteiger partial charge is 0.348 e. The van der Waals surface area contributed by atoms with E-state index in [1.165, 1.54) is 0 Å². The quantitative estimate of drug-likeness (QED) is 0.464. The fraction of sp³-hybridized carbons (Fsp3) is 0.0588. The molecular weight excluding hydrogens is 268 g/mol. The molecule has 0 saturated heterocycles. The van der Waals surface area contributed by atoms with Crippen LogP contribution in [0.3, 0.4) is 0 Å². The van der Waals surface area contributed by atoms with Gasteiger partial charge in [0.2, 0.25) is 0 Å². The first-order valence-electron chi connectivity index (χ1n) is 6.33. The van der Waals surface area contributed by atoms with Crippen molar-refractivity contribution >= 4 is 11.8 Å². The lowest BCUT2D eigenvalue weighted by atomic mass is 10.0. The Morgan fingerprint density at radius 2 is 1.57 bits per heavy atom. The Kier molecular flexibility index (Phi) is 4.88. The van der Waals surface area contributed by atoms with Gasteiger partial charge in [-0.15, -0.1) is 0 Å². The van der Waals surface area contributed by atoms with E-state index in [0.29, 0.717) is 16.9 Å². The van der Waals surface area contributed by atoms with Crippen LogP contribution in [0, 0.1) is 0 Å². The Hall–Kier alpha value is -2.88. The highest BCUT2D eigenvalue weighted by molar-refractivity contribution is 6.08. The van der Waals surface area contributed by atoms with Crippen LogP contribution in [0.2, 0.25) is 0 Å². The lowest BCUT2D eigenvalue weighted by Gasteiger charge is -2.06. The maximum absolute atomic E-state index is 12.2. The van der Waals surface area contributed by atoms with Crippen LogP contribution in [0.15, 0.2) is 67.4 Å². The van der Waals surface area contributed by atoms with Gasteiger partial charge in [-0.3, -0.25) is 4.79 Å². The molecule has 4 nitrogen and oxygen atoms in total. The van der Waals surface area contributed by atoms with Gasteiger partial charge in [0.15, 0.2) is 12.4 Å². The van der Waals surface area contributed by atoms with Crippen molar-refractivity contribution in [2.24, 2.45) is 0 Å². The first-order valence-corrected chi connectivity index (χ1v) is 6.33. The average Bonchev–Trinajstić information content (AvgIpc) is 2.54. The van der Waals surface area contributed by atoms with Crippen molar-refractivity contribution in [3.63, 3.8) is 0 Å². The zero-order valence-electron chi connectivity index (χ0n) is 11.3. The third-order valence-electron chi connectivity index (χ3n) is 2.72. The normalized spacial score (nSPS) is 9.71. The van der Waals surface area contributed by atoms with Gasteiger partial charge in [-0.05, 0) is 24.3 Å². The van der Waals surface area contributed by atoms with Crippen LogP contribution in [-0.4, -0.2) is 18.4 Å². The van der Waals surface area contributed by atoms with Gasteiger partial charge in [-0.1, -0.05) is 36.9 Å². The molecule has 0 heterocycles. The van der Waals surface area contributed by atoms with E-state index in [2.05, 4.69) is 11.3 Å². The summed E-state index contributed by atoms with van der Waals surface area (Å²) in [6.45, 7) is 3.07. The number of benzene rings is 2. The number of ketones is 1. The Balaban J connectivity index is 2.00. The molecule has 21 heavy (non-hydrogen) atoms. The Bertz CT molecular complexity index is 630. The van der Waals surface area contributed by atoms with Crippen molar-refractivity contribution in [3.05, 3.63) is 78.6 Å². The summed E-state index contributed by atoms with van der Waals surface area (Å²) < 4.78 is 9.76. The van der Waals surface area contributed by atoms with Crippen LogP contribution in [0.25, 0.3) is 0 Å². The third-order valence-corrected chi connectivity index (χ3v) is 2.72. The molecule has 0 aromatic heterocycles. The first kappa shape index (κ1) is 14.5. The van der Waals surface area contributed by atoms with Gasteiger partial charge >= 0.3 is 5.97 Å². The molecule has 0 bridgehead atoms. The Labute approximate surface area is 122 Å². The SMILES string of the molecule is C=COC(=O)COc1ccc(C(=O)c2ccccc2)cc1. The maximum atomic E-state index is 12.2. The molecule has 2 aromatic carbocycles. The number of ether oxygens (including phenoxy) is 2. The number of carbonyl (C=O) groups excluding carboxylic acids is 2. The minimum atomic E-state index is -0.533. The molecule has 106 valence electrons. The third kappa shape index (κ3) is 4.04. The summed E-state index contributed by atoms with van der Waals surface area (Å²) in [5.41, 5.74) is 1.18. The number of esters is 1. The molecule has 0 aliphatic heterocycles. The molecule has 0 aliphatic rings. The second-order valence-electron chi connectivity index (χ2n) is 4.16.